The summed E-state index contributed by atoms with van der Waals surface area (Å²) in [5.74, 6) is 1.65. The molecule has 202 valence electrons. The third-order valence-corrected chi connectivity index (χ3v) is 8.78. The van der Waals surface area contributed by atoms with Crippen LogP contribution in [-0.2, 0) is 0 Å². The van der Waals surface area contributed by atoms with E-state index in [9.17, 15) is 0 Å². The molecule has 0 aliphatic carbocycles. The van der Waals surface area contributed by atoms with E-state index in [-0.39, 0.29) is 0 Å². The minimum absolute atomic E-state index is 0.647. The van der Waals surface area contributed by atoms with Gasteiger partial charge in [-0.25, -0.2) is 0 Å². The van der Waals surface area contributed by atoms with Crippen LogP contribution >= 0.6 is 0 Å². The highest BCUT2D eigenvalue weighted by Gasteiger charge is 2.35. The molecule has 34 heavy (non-hydrogen) atoms. The molecule has 0 N–H and O–H groups in total. The maximum absolute atomic E-state index is 2.83. The summed E-state index contributed by atoms with van der Waals surface area (Å²) in [6.45, 7) is 31.6. The van der Waals surface area contributed by atoms with Crippen molar-refractivity contribution in [1.82, 2.24) is 19.6 Å². The molecule has 0 aromatic rings. The monoisotopic (exact) mass is 478 g/mol. The van der Waals surface area contributed by atoms with E-state index < -0.39 is 0 Å². The lowest BCUT2D eigenvalue weighted by atomic mass is 9.96. The van der Waals surface area contributed by atoms with E-state index in [1.165, 1.54) is 77.8 Å². The van der Waals surface area contributed by atoms with E-state index in [2.05, 4.69) is 88.8 Å². The molecule has 2 aliphatic heterocycles. The highest BCUT2D eigenvalue weighted by molar-refractivity contribution is 4.91. The summed E-state index contributed by atoms with van der Waals surface area (Å²) in [5, 5.41) is 0. The second kappa shape index (κ2) is 14.5. The van der Waals surface area contributed by atoms with Gasteiger partial charge in [0.25, 0.3) is 0 Å². The molecule has 2 saturated heterocycles. The van der Waals surface area contributed by atoms with Crippen molar-refractivity contribution in [2.75, 3.05) is 39.3 Å². The lowest BCUT2D eigenvalue weighted by Gasteiger charge is -2.49. The van der Waals surface area contributed by atoms with E-state index >= 15 is 0 Å². The largest absolute Gasteiger partial charge is 0.298 e. The van der Waals surface area contributed by atoms with Gasteiger partial charge in [0, 0.05) is 62.4 Å². The molecule has 1 unspecified atom stereocenters. The molecule has 2 fully saturated rings. The summed E-state index contributed by atoms with van der Waals surface area (Å²) in [6, 6.07) is 4.08. The summed E-state index contributed by atoms with van der Waals surface area (Å²) in [4.78, 5) is 11.2. The number of hydrogen-bond acceptors (Lipinski definition) is 4. The molecule has 4 nitrogen and oxygen atoms in total. The fourth-order valence-electron chi connectivity index (χ4n) is 6.48. The van der Waals surface area contributed by atoms with Gasteiger partial charge in [0.2, 0.25) is 0 Å². The number of hydrogen-bond donors (Lipinski definition) is 0. The second-order valence-corrected chi connectivity index (χ2v) is 13.2. The van der Waals surface area contributed by atoms with E-state index in [0.29, 0.717) is 36.3 Å². The Bertz CT molecular complexity index is 548. The minimum Gasteiger partial charge on any atom is -0.298 e. The Morgan fingerprint density at radius 2 is 1.09 bits per heavy atom. The van der Waals surface area contributed by atoms with Gasteiger partial charge in [-0.3, -0.25) is 19.6 Å². The van der Waals surface area contributed by atoms with Crippen LogP contribution in [0.2, 0.25) is 0 Å². The predicted octanol–water partition coefficient (Wildman–Crippen LogP) is 6.21. The first-order valence-corrected chi connectivity index (χ1v) is 15.0. The van der Waals surface area contributed by atoms with E-state index in [1.54, 1.807) is 0 Å². The molecule has 2 rings (SSSR count). The topological polar surface area (TPSA) is 13.0 Å². The smallest absolute Gasteiger partial charge is 0.0227 e. The average Bonchev–Trinajstić information content (AvgIpc) is 2.74. The summed E-state index contributed by atoms with van der Waals surface area (Å²) in [5.41, 5.74) is 0. The molecular formula is C30H62N4. The van der Waals surface area contributed by atoms with Crippen LogP contribution in [0, 0.1) is 11.8 Å². The molecule has 0 amide bonds. The van der Waals surface area contributed by atoms with Crippen molar-refractivity contribution in [2.24, 2.45) is 11.8 Å². The Labute approximate surface area is 214 Å². The minimum atomic E-state index is 0.647. The van der Waals surface area contributed by atoms with Crippen molar-refractivity contribution in [3.05, 3.63) is 0 Å². The van der Waals surface area contributed by atoms with Crippen molar-refractivity contribution in [2.45, 2.75) is 144 Å². The third kappa shape index (κ3) is 9.37. The zero-order valence-electron chi connectivity index (χ0n) is 24.9. The molecule has 0 spiro atoms. The molecule has 0 aromatic carbocycles. The van der Waals surface area contributed by atoms with Gasteiger partial charge in [-0.05, 0) is 105 Å². The van der Waals surface area contributed by atoms with Crippen molar-refractivity contribution in [3.8, 4) is 0 Å². The predicted molar refractivity (Wildman–Crippen MR) is 151 cm³/mol. The summed E-state index contributed by atoms with van der Waals surface area (Å²) >= 11 is 0. The van der Waals surface area contributed by atoms with E-state index in [4.69, 9.17) is 0 Å². The first kappa shape index (κ1) is 30.1. The lowest BCUT2D eigenvalue weighted by molar-refractivity contribution is -0.00435. The summed E-state index contributed by atoms with van der Waals surface area (Å²) < 4.78 is 0. The molecule has 4 heteroatoms. The highest BCUT2D eigenvalue weighted by Crippen LogP contribution is 2.26. The fourth-order valence-corrected chi connectivity index (χ4v) is 6.48. The van der Waals surface area contributed by atoms with Crippen molar-refractivity contribution < 1.29 is 0 Å². The maximum atomic E-state index is 2.83. The van der Waals surface area contributed by atoms with Crippen molar-refractivity contribution >= 4 is 0 Å². The standard InChI is InChI=1S/C30H62N4/c1-23(2)13-11-17-31-19-29(10)34(21-28(31)9)26(7)15-16-30-22-32(18-12-14-24(3)4)27(8)20-33(30)25(5)6/h23-30H,11-22H2,1-10H3/t26?,27-,28+,29-,30-/m1/s1. The number of rotatable bonds is 13. The van der Waals surface area contributed by atoms with Crippen LogP contribution < -0.4 is 0 Å². The Balaban J connectivity index is 1.88. The SMILES string of the molecule is CC(C)CCCN1C[C@@H](CCC(C)N2C[C@H](C)N(CCCC(C)C)C[C@H]2C)N(C(C)C)C[C@H]1C. The van der Waals surface area contributed by atoms with Gasteiger partial charge >= 0.3 is 0 Å². The van der Waals surface area contributed by atoms with Gasteiger partial charge in [0.1, 0.15) is 0 Å². The molecule has 2 heterocycles. The fraction of sp³-hybridized carbons (Fsp3) is 1.00. The molecule has 2 aliphatic rings. The Morgan fingerprint density at radius 1 is 0.588 bits per heavy atom. The second-order valence-electron chi connectivity index (χ2n) is 13.2. The molecule has 5 atom stereocenters. The lowest BCUT2D eigenvalue weighted by Crippen LogP contribution is -2.60. The average molecular weight is 479 g/mol. The van der Waals surface area contributed by atoms with Gasteiger partial charge in [-0.15, -0.1) is 0 Å². The highest BCUT2D eigenvalue weighted by atomic mass is 15.3. The van der Waals surface area contributed by atoms with Crippen LogP contribution in [-0.4, -0.2) is 95.1 Å². The van der Waals surface area contributed by atoms with Crippen molar-refractivity contribution in [1.29, 1.82) is 0 Å². The molecule has 0 radical (unpaired) electrons. The molecule has 0 saturated carbocycles. The molecular weight excluding hydrogens is 416 g/mol. The van der Waals surface area contributed by atoms with Crippen LogP contribution in [0.1, 0.15) is 108 Å². The maximum Gasteiger partial charge on any atom is 0.0227 e. The van der Waals surface area contributed by atoms with Gasteiger partial charge < -0.3 is 0 Å². The van der Waals surface area contributed by atoms with Crippen LogP contribution in [0.5, 0.6) is 0 Å². The zero-order chi connectivity index (χ0) is 25.4. The van der Waals surface area contributed by atoms with Gasteiger partial charge in [0.05, 0.1) is 0 Å². The normalized spacial score (nSPS) is 29.6. The first-order chi connectivity index (χ1) is 16.0. The van der Waals surface area contributed by atoms with Gasteiger partial charge in [0.15, 0.2) is 0 Å². The van der Waals surface area contributed by atoms with Crippen LogP contribution in [0.15, 0.2) is 0 Å². The van der Waals surface area contributed by atoms with Crippen molar-refractivity contribution in [3.63, 3.8) is 0 Å². The molecule has 0 bridgehead atoms. The van der Waals surface area contributed by atoms with Crippen LogP contribution in [0.3, 0.4) is 0 Å². The van der Waals surface area contributed by atoms with Crippen LogP contribution in [0.25, 0.3) is 0 Å². The quantitative estimate of drug-likeness (QED) is 0.312. The Hall–Kier alpha value is -0.160. The summed E-state index contributed by atoms with van der Waals surface area (Å²) in [6.07, 6.45) is 8.08. The number of nitrogens with zero attached hydrogens (tertiary/aromatic N) is 4. The van der Waals surface area contributed by atoms with E-state index in [1.807, 2.05) is 0 Å². The Morgan fingerprint density at radius 3 is 1.59 bits per heavy atom. The van der Waals surface area contributed by atoms with Crippen LogP contribution in [0.4, 0.5) is 0 Å². The zero-order valence-corrected chi connectivity index (χ0v) is 24.9. The summed E-state index contributed by atoms with van der Waals surface area (Å²) in [7, 11) is 0. The van der Waals surface area contributed by atoms with E-state index in [0.717, 1.165) is 11.8 Å². The third-order valence-electron chi connectivity index (χ3n) is 8.78. The van der Waals surface area contributed by atoms with Gasteiger partial charge in [-0.1, -0.05) is 27.7 Å². The van der Waals surface area contributed by atoms with Gasteiger partial charge in [-0.2, -0.15) is 0 Å². The number of piperazine rings is 2. The first-order valence-electron chi connectivity index (χ1n) is 15.0. The molecule has 0 aromatic heterocycles. The Kier molecular flexibility index (Phi) is 12.9.